The molecule has 1 aromatic heterocycles. The number of carboxylic acid groups (broad SMARTS) is 1. The highest BCUT2D eigenvalue weighted by atomic mass is 16.6. The molecule has 2 N–H and O–H groups in total. The van der Waals surface area contributed by atoms with E-state index in [1.54, 1.807) is 24.3 Å². The second-order valence-electron chi connectivity index (χ2n) is 6.25. The number of benzene rings is 1. The van der Waals surface area contributed by atoms with E-state index in [-0.39, 0.29) is 24.2 Å². The second kappa shape index (κ2) is 8.04. The predicted molar refractivity (Wildman–Crippen MR) is 97.1 cm³/mol. The summed E-state index contributed by atoms with van der Waals surface area (Å²) in [5.74, 6) is -1.94. The fourth-order valence-corrected chi connectivity index (χ4v) is 3.06. The van der Waals surface area contributed by atoms with E-state index in [0.29, 0.717) is 11.3 Å². The number of nitriles is 1. The number of aliphatic hydroxyl groups excluding tert-OH is 1. The Kier molecular flexibility index (Phi) is 5.52. The van der Waals surface area contributed by atoms with Gasteiger partial charge < -0.3 is 24.3 Å². The standard InChI is InChI=1S/C19H17N3O7/c1-28-16(23)8-14-13(18(25)26)6-7-21(14)17(24)15-10-22(19(27)29-15)12-4-2-11(9-20)3-5-12/h2-7,15,17,24H,8,10H2,1H3,(H,25,26). The maximum Gasteiger partial charge on any atom is 0.414 e. The topological polar surface area (TPSA) is 142 Å². The Bertz CT molecular complexity index is 990. The van der Waals surface area contributed by atoms with Gasteiger partial charge in [-0.2, -0.15) is 5.26 Å². The lowest BCUT2D eigenvalue weighted by Crippen LogP contribution is -2.30. The first-order valence-electron chi connectivity index (χ1n) is 8.52. The van der Waals surface area contributed by atoms with Gasteiger partial charge in [0.1, 0.15) is 0 Å². The molecule has 2 aromatic rings. The molecule has 10 heteroatoms. The Morgan fingerprint density at radius 1 is 1.34 bits per heavy atom. The molecule has 0 radical (unpaired) electrons. The molecule has 0 spiro atoms. The Morgan fingerprint density at radius 3 is 2.62 bits per heavy atom. The van der Waals surface area contributed by atoms with Crippen LogP contribution in [0.2, 0.25) is 0 Å². The Balaban J connectivity index is 1.84. The van der Waals surface area contributed by atoms with Gasteiger partial charge in [0.2, 0.25) is 0 Å². The van der Waals surface area contributed by atoms with Crippen molar-refractivity contribution in [2.45, 2.75) is 18.8 Å². The minimum atomic E-state index is -1.42. The Labute approximate surface area is 165 Å². The number of aliphatic hydroxyl groups is 1. The molecular formula is C19H17N3O7. The number of rotatable bonds is 6. The van der Waals surface area contributed by atoms with E-state index in [0.717, 1.165) is 0 Å². The van der Waals surface area contributed by atoms with Gasteiger partial charge in [-0.25, -0.2) is 9.59 Å². The number of carbonyl (C=O) groups is 3. The zero-order chi connectivity index (χ0) is 21.1. The van der Waals surface area contributed by atoms with E-state index in [1.807, 2.05) is 6.07 Å². The quantitative estimate of drug-likeness (QED) is 0.692. The molecule has 1 aliphatic heterocycles. The third kappa shape index (κ3) is 3.90. The van der Waals surface area contributed by atoms with E-state index < -0.39 is 30.4 Å². The molecule has 3 rings (SSSR count). The number of amides is 1. The van der Waals surface area contributed by atoms with Crippen molar-refractivity contribution in [1.29, 1.82) is 5.26 Å². The number of anilines is 1. The first-order valence-corrected chi connectivity index (χ1v) is 8.52. The molecule has 1 fully saturated rings. The van der Waals surface area contributed by atoms with Gasteiger partial charge >= 0.3 is 18.0 Å². The van der Waals surface area contributed by atoms with Gasteiger partial charge in [-0.1, -0.05) is 0 Å². The zero-order valence-corrected chi connectivity index (χ0v) is 15.3. The summed E-state index contributed by atoms with van der Waals surface area (Å²) in [6.07, 6.45) is -2.19. The second-order valence-corrected chi connectivity index (χ2v) is 6.25. The number of esters is 1. The number of aromatic carboxylic acids is 1. The van der Waals surface area contributed by atoms with Crippen molar-refractivity contribution < 1.29 is 34.1 Å². The minimum absolute atomic E-state index is 0.00977. The molecule has 1 saturated heterocycles. The molecule has 2 atom stereocenters. The van der Waals surface area contributed by atoms with Crippen LogP contribution in [0.4, 0.5) is 10.5 Å². The maximum atomic E-state index is 12.2. The highest BCUT2D eigenvalue weighted by molar-refractivity contribution is 5.91. The summed E-state index contributed by atoms with van der Waals surface area (Å²) in [5.41, 5.74) is 0.781. The lowest BCUT2D eigenvalue weighted by atomic mass is 10.2. The zero-order valence-electron chi connectivity index (χ0n) is 15.3. The summed E-state index contributed by atoms with van der Waals surface area (Å²) in [6.45, 7) is -0.00977. The molecule has 0 aliphatic carbocycles. The van der Waals surface area contributed by atoms with Crippen LogP contribution in [0, 0.1) is 11.3 Å². The summed E-state index contributed by atoms with van der Waals surface area (Å²) < 4.78 is 11.0. The molecule has 1 amide bonds. The number of ether oxygens (including phenoxy) is 2. The van der Waals surface area contributed by atoms with Crippen molar-refractivity contribution >= 4 is 23.7 Å². The molecule has 1 aromatic carbocycles. The summed E-state index contributed by atoms with van der Waals surface area (Å²) >= 11 is 0. The van der Waals surface area contributed by atoms with Crippen molar-refractivity contribution in [1.82, 2.24) is 4.57 Å². The fraction of sp³-hybridized carbons (Fsp3) is 0.263. The first-order chi connectivity index (χ1) is 13.8. The molecule has 2 heterocycles. The number of hydrogen-bond donors (Lipinski definition) is 2. The predicted octanol–water partition coefficient (Wildman–Crippen LogP) is 1.29. The van der Waals surface area contributed by atoms with E-state index in [2.05, 4.69) is 4.74 Å². The highest BCUT2D eigenvalue weighted by Gasteiger charge is 2.38. The molecule has 1 aliphatic rings. The molecule has 29 heavy (non-hydrogen) atoms. The number of hydrogen-bond acceptors (Lipinski definition) is 7. The number of methoxy groups -OCH3 is 1. The van der Waals surface area contributed by atoms with Crippen LogP contribution in [0.5, 0.6) is 0 Å². The van der Waals surface area contributed by atoms with E-state index in [4.69, 9.17) is 10.00 Å². The SMILES string of the molecule is COC(=O)Cc1c(C(=O)O)ccn1C(O)C1CN(c2ccc(C#N)cc2)C(=O)O1. The summed E-state index contributed by atoms with van der Waals surface area (Å²) in [5, 5.41) is 28.9. The maximum absolute atomic E-state index is 12.2. The van der Waals surface area contributed by atoms with Gasteiger partial charge in [0.05, 0.1) is 37.3 Å². The number of cyclic esters (lactones) is 1. The summed E-state index contributed by atoms with van der Waals surface area (Å²) in [6, 6.07) is 9.48. The first kappa shape index (κ1) is 19.9. The van der Waals surface area contributed by atoms with Crippen molar-refractivity contribution in [2.75, 3.05) is 18.6 Å². The van der Waals surface area contributed by atoms with Crippen LogP contribution in [0.3, 0.4) is 0 Å². The van der Waals surface area contributed by atoms with E-state index >= 15 is 0 Å². The van der Waals surface area contributed by atoms with Crippen LogP contribution in [-0.4, -0.2) is 52.6 Å². The van der Waals surface area contributed by atoms with Gasteiger partial charge in [-0.05, 0) is 30.3 Å². The smallest absolute Gasteiger partial charge is 0.414 e. The van der Waals surface area contributed by atoms with Crippen LogP contribution in [0.15, 0.2) is 36.5 Å². The monoisotopic (exact) mass is 399 g/mol. The Morgan fingerprint density at radius 2 is 2.03 bits per heavy atom. The molecular weight excluding hydrogens is 382 g/mol. The molecule has 0 saturated carbocycles. The lowest BCUT2D eigenvalue weighted by molar-refractivity contribution is -0.140. The van der Waals surface area contributed by atoms with Crippen LogP contribution in [-0.2, 0) is 20.7 Å². The van der Waals surface area contributed by atoms with Crippen molar-refractivity contribution in [3.63, 3.8) is 0 Å². The van der Waals surface area contributed by atoms with Crippen LogP contribution in [0.1, 0.15) is 27.8 Å². The summed E-state index contributed by atoms with van der Waals surface area (Å²) in [7, 11) is 1.17. The van der Waals surface area contributed by atoms with Gasteiger partial charge in [-0.15, -0.1) is 0 Å². The molecule has 10 nitrogen and oxygen atoms in total. The molecule has 150 valence electrons. The third-order valence-corrected chi connectivity index (χ3v) is 4.55. The van der Waals surface area contributed by atoms with E-state index in [9.17, 15) is 24.6 Å². The van der Waals surface area contributed by atoms with Crippen molar-refractivity contribution in [3.05, 3.63) is 53.3 Å². The highest BCUT2D eigenvalue weighted by Crippen LogP contribution is 2.28. The normalized spacial score (nSPS) is 16.8. The molecule has 0 bridgehead atoms. The largest absolute Gasteiger partial charge is 0.478 e. The third-order valence-electron chi connectivity index (χ3n) is 4.55. The number of carbonyl (C=O) groups excluding carboxylic acids is 2. The number of carboxylic acids is 1. The van der Waals surface area contributed by atoms with Crippen LogP contribution >= 0.6 is 0 Å². The number of aromatic nitrogens is 1. The minimum Gasteiger partial charge on any atom is -0.478 e. The fourth-order valence-electron chi connectivity index (χ4n) is 3.06. The van der Waals surface area contributed by atoms with Crippen molar-refractivity contribution in [2.24, 2.45) is 0 Å². The van der Waals surface area contributed by atoms with Crippen LogP contribution < -0.4 is 4.90 Å². The number of nitrogens with zero attached hydrogens (tertiary/aromatic N) is 3. The average Bonchev–Trinajstić information content (AvgIpc) is 3.31. The van der Waals surface area contributed by atoms with Crippen LogP contribution in [0.25, 0.3) is 0 Å². The Hall–Kier alpha value is -3.84. The van der Waals surface area contributed by atoms with Gasteiger partial charge in [-0.3, -0.25) is 9.69 Å². The lowest BCUT2D eigenvalue weighted by Gasteiger charge is -2.21. The average molecular weight is 399 g/mol. The molecule has 2 unspecified atom stereocenters. The van der Waals surface area contributed by atoms with Gasteiger partial charge in [0.15, 0.2) is 12.3 Å². The summed E-state index contributed by atoms with van der Waals surface area (Å²) in [4.78, 5) is 36.6. The van der Waals surface area contributed by atoms with Gasteiger partial charge in [0, 0.05) is 17.6 Å². The van der Waals surface area contributed by atoms with E-state index in [1.165, 1.54) is 28.8 Å². The van der Waals surface area contributed by atoms with Crippen molar-refractivity contribution in [3.8, 4) is 6.07 Å². The van der Waals surface area contributed by atoms with Gasteiger partial charge in [0.25, 0.3) is 0 Å².